The van der Waals surface area contributed by atoms with E-state index in [4.69, 9.17) is 19.6 Å². The summed E-state index contributed by atoms with van der Waals surface area (Å²) in [5.74, 6) is 2.14. The van der Waals surface area contributed by atoms with Gasteiger partial charge in [0.15, 0.2) is 5.69 Å². The molecule has 38 heavy (non-hydrogen) atoms. The van der Waals surface area contributed by atoms with Gasteiger partial charge in [-0.05, 0) is 68.9 Å². The van der Waals surface area contributed by atoms with Crippen molar-refractivity contribution in [3.63, 3.8) is 0 Å². The second-order valence-corrected chi connectivity index (χ2v) is 10.5. The van der Waals surface area contributed by atoms with E-state index >= 15 is 0 Å². The number of thiazole rings is 1. The molecule has 1 aliphatic rings. The SMILES string of the molecule is COc1ccc(OC)c(-c2csc(=Nc3c(C)n(C)n(-c4ccccc4)c3=O)n2N=C2CCC(C)CC2)c1. The molecule has 0 N–H and O–H groups in total. The summed E-state index contributed by atoms with van der Waals surface area (Å²) in [7, 11) is 5.18. The van der Waals surface area contributed by atoms with E-state index in [0.29, 0.717) is 22.2 Å². The maximum atomic E-state index is 13.6. The lowest BCUT2D eigenvalue weighted by Gasteiger charge is -2.19. The molecule has 0 unspecified atom stereocenters. The van der Waals surface area contributed by atoms with E-state index in [1.165, 1.54) is 11.3 Å². The van der Waals surface area contributed by atoms with Crippen LogP contribution in [0.3, 0.4) is 0 Å². The van der Waals surface area contributed by atoms with Gasteiger partial charge >= 0.3 is 0 Å². The van der Waals surface area contributed by atoms with E-state index in [-0.39, 0.29) is 5.56 Å². The molecule has 0 bridgehead atoms. The van der Waals surface area contributed by atoms with Crippen molar-refractivity contribution in [2.24, 2.45) is 23.1 Å². The quantitative estimate of drug-likeness (QED) is 0.321. The van der Waals surface area contributed by atoms with Crippen molar-refractivity contribution < 1.29 is 9.47 Å². The van der Waals surface area contributed by atoms with Gasteiger partial charge in [0.05, 0.1) is 31.3 Å². The first-order valence-electron chi connectivity index (χ1n) is 12.8. The molecule has 0 spiro atoms. The third-order valence-corrected chi connectivity index (χ3v) is 8.01. The van der Waals surface area contributed by atoms with E-state index in [9.17, 15) is 4.79 Å². The van der Waals surface area contributed by atoms with Gasteiger partial charge in [0.25, 0.3) is 5.56 Å². The van der Waals surface area contributed by atoms with Crippen molar-refractivity contribution >= 4 is 22.7 Å². The van der Waals surface area contributed by atoms with Gasteiger partial charge in [-0.3, -0.25) is 9.48 Å². The van der Waals surface area contributed by atoms with Crippen LogP contribution in [-0.4, -0.2) is 34.0 Å². The summed E-state index contributed by atoms with van der Waals surface area (Å²) in [4.78, 5) is 19.1. The van der Waals surface area contributed by atoms with Crippen molar-refractivity contribution in [2.75, 3.05) is 14.2 Å². The van der Waals surface area contributed by atoms with Crippen LogP contribution in [0.25, 0.3) is 16.9 Å². The molecular weight excluding hydrogens is 498 g/mol. The molecule has 8 nitrogen and oxygen atoms in total. The van der Waals surface area contributed by atoms with Gasteiger partial charge in [0.1, 0.15) is 11.5 Å². The normalized spacial score (nSPS) is 16.1. The van der Waals surface area contributed by atoms with Gasteiger partial charge < -0.3 is 9.47 Å². The monoisotopic (exact) mass is 531 g/mol. The molecule has 198 valence electrons. The third kappa shape index (κ3) is 4.86. The Morgan fingerprint density at radius 1 is 1.03 bits per heavy atom. The van der Waals surface area contributed by atoms with Crippen molar-refractivity contribution in [3.8, 4) is 28.4 Å². The maximum Gasteiger partial charge on any atom is 0.297 e. The molecule has 1 saturated carbocycles. The Hall–Kier alpha value is -3.85. The van der Waals surface area contributed by atoms with E-state index in [2.05, 4.69) is 6.92 Å². The van der Waals surface area contributed by atoms with Crippen LogP contribution in [0.4, 0.5) is 5.69 Å². The van der Waals surface area contributed by atoms with Crippen molar-refractivity contribution in [1.82, 2.24) is 14.0 Å². The Bertz CT molecular complexity index is 1600. The van der Waals surface area contributed by atoms with Crippen LogP contribution in [-0.2, 0) is 7.05 Å². The summed E-state index contributed by atoms with van der Waals surface area (Å²) in [5, 5.41) is 7.11. The fourth-order valence-corrected chi connectivity index (χ4v) is 5.62. The van der Waals surface area contributed by atoms with E-state index in [1.807, 2.05) is 77.2 Å². The Kier molecular flexibility index (Phi) is 7.37. The Labute approximate surface area is 226 Å². The molecule has 0 saturated heterocycles. The molecule has 5 rings (SSSR count). The van der Waals surface area contributed by atoms with E-state index in [1.54, 1.807) is 18.9 Å². The average molecular weight is 532 g/mol. The number of aromatic nitrogens is 3. The summed E-state index contributed by atoms with van der Waals surface area (Å²) < 4.78 is 16.5. The van der Waals surface area contributed by atoms with Gasteiger partial charge in [-0.25, -0.2) is 14.4 Å². The first kappa shape index (κ1) is 25.8. The minimum Gasteiger partial charge on any atom is -0.497 e. The highest BCUT2D eigenvalue weighted by atomic mass is 32.1. The fraction of sp³-hybridized carbons (Fsp3) is 0.345. The lowest BCUT2D eigenvalue weighted by molar-refractivity contribution is 0.404. The molecule has 2 heterocycles. The number of ether oxygens (including phenoxy) is 2. The molecule has 0 atom stereocenters. The van der Waals surface area contributed by atoms with Crippen LogP contribution >= 0.6 is 11.3 Å². The molecule has 1 aliphatic carbocycles. The molecule has 0 radical (unpaired) electrons. The van der Waals surface area contributed by atoms with Crippen LogP contribution in [0.1, 0.15) is 38.3 Å². The predicted octanol–water partition coefficient (Wildman–Crippen LogP) is 5.68. The summed E-state index contributed by atoms with van der Waals surface area (Å²) in [6, 6.07) is 15.3. The van der Waals surface area contributed by atoms with Crippen molar-refractivity contribution in [2.45, 2.75) is 39.5 Å². The number of hydrogen-bond acceptors (Lipinski definition) is 6. The molecule has 0 amide bonds. The van der Waals surface area contributed by atoms with Gasteiger partial charge in [-0.1, -0.05) is 25.1 Å². The second kappa shape index (κ2) is 10.9. The van der Waals surface area contributed by atoms with Crippen LogP contribution in [0.5, 0.6) is 11.5 Å². The zero-order chi connectivity index (χ0) is 26.8. The highest BCUT2D eigenvalue weighted by Crippen LogP contribution is 2.34. The molecule has 2 aromatic heterocycles. The maximum absolute atomic E-state index is 13.6. The number of methoxy groups -OCH3 is 2. The highest BCUT2D eigenvalue weighted by molar-refractivity contribution is 7.07. The summed E-state index contributed by atoms with van der Waals surface area (Å²) >= 11 is 1.45. The third-order valence-electron chi connectivity index (χ3n) is 7.19. The second-order valence-electron chi connectivity index (χ2n) is 9.65. The Morgan fingerprint density at radius 2 is 1.76 bits per heavy atom. The zero-order valence-corrected chi connectivity index (χ0v) is 23.3. The summed E-state index contributed by atoms with van der Waals surface area (Å²) in [5.41, 5.74) is 4.62. The topological polar surface area (TPSA) is 75.0 Å². The Morgan fingerprint density at radius 3 is 2.45 bits per heavy atom. The standard InChI is InChI=1S/C29H33N5O3S/c1-19-11-13-21(14-12-19)31-33-25(24-17-23(36-4)15-16-26(24)37-5)18-38-29(33)30-27-20(2)32(3)34(28(27)35)22-9-7-6-8-10-22/h6-10,15-19H,11-14H2,1-5H3. The largest absolute Gasteiger partial charge is 0.497 e. The molecule has 2 aromatic carbocycles. The Balaban J connectivity index is 1.72. The number of hydrogen-bond donors (Lipinski definition) is 0. The number of nitrogens with zero attached hydrogens (tertiary/aromatic N) is 5. The molecule has 9 heteroatoms. The molecule has 4 aromatic rings. The van der Waals surface area contributed by atoms with Crippen LogP contribution in [0.15, 0.2) is 68.8 Å². The average Bonchev–Trinajstić information content (AvgIpc) is 3.43. The lowest BCUT2D eigenvalue weighted by Crippen LogP contribution is -2.20. The molecule has 0 aliphatic heterocycles. The summed E-state index contributed by atoms with van der Waals surface area (Å²) in [6.07, 6.45) is 4.13. The van der Waals surface area contributed by atoms with Crippen molar-refractivity contribution in [1.29, 1.82) is 0 Å². The smallest absolute Gasteiger partial charge is 0.297 e. The van der Waals surface area contributed by atoms with Gasteiger partial charge in [0, 0.05) is 23.7 Å². The van der Waals surface area contributed by atoms with Crippen LogP contribution in [0, 0.1) is 12.8 Å². The minimum absolute atomic E-state index is 0.171. The first-order chi connectivity index (χ1) is 18.4. The first-order valence-corrected chi connectivity index (χ1v) is 13.7. The summed E-state index contributed by atoms with van der Waals surface area (Å²) in [6.45, 7) is 4.20. The van der Waals surface area contributed by atoms with Gasteiger partial charge in [-0.2, -0.15) is 5.10 Å². The highest BCUT2D eigenvalue weighted by Gasteiger charge is 2.20. The fourth-order valence-electron chi connectivity index (χ4n) is 4.79. The predicted molar refractivity (Wildman–Crippen MR) is 152 cm³/mol. The van der Waals surface area contributed by atoms with Gasteiger partial charge in [0.2, 0.25) is 4.80 Å². The van der Waals surface area contributed by atoms with E-state index < -0.39 is 0 Å². The van der Waals surface area contributed by atoms with Gasteiger partial charge in [-0.15, -0.1) is 11.3 Å². The molecule has 1 fully saturated rings. The van der Waals surface area contributed by atoms with Crippen LogP contribution in [0.2, 0.25) is 0 Å². The van der Waals surface area contributed by atoms with Crippen LogP contribution < -0.4 is 19.8 Å². The number of benzene rings is 2. The number of rotatable bonds is 6. The van der Waals surface area contributed by atoms with Crippen molar-refractivity contribution in [3.05, 3.63) is 74.8 Å². The lowest BCUT2D eigenvalue weighted by atomic mass is 9.90. The number of para-hydroxylation sites is 1. The minimum atomic E-state index is -0.171. The zero-order valence-electron chi connectivity index (χ0n) is 22.5. The molecular formula is C29H33N5O3S. The van der Waals surface area contributed by atoms with E-state index in [0.717, 1.165) is 59.8 Å².